The zero-order chi connectivity index (χ0) is 13.8. The number of ether oxygens (including phenoxy) is 2. The van der Waals surface area contributed by atoms with Crippen LogP contribution >= 0.6 is 23.2 Å². The molecule has 0 saturated carbocycles. The van der Waals surface area contributed by atoms with Crippen LogP contribution in [0.4, 0.5) is 13.2 Å². The number of hydrogen-bond donors (Lipinski definition) is 0. The molecule has 0 aliphatic heterocycles. The van der Waals surface area contributed by atoms with Crippen molar-refractivity contribution in [2.45, 2.75) is 6.18 Å². The summed E-state index contributed by atoms with van der Waals surface area (Å²) < 4.78 is 44.0. The maximum absolute atomic E-state index is 11.7. The summed E-state index contributed by atoms with van der Waals surface area (Å²) >= 11 is 11.3. The fourth-order valence-corrected chi connectivity index (χ4v) is 1.40. The molecule has 0 fully saturated rings. The summed E-state index contributed by atoms with van der Waals surface area (Å²) in [5, 5.41) is 0.512. The van der Waals surface area contributed by atoms with Gasteiger partial charge in [-0.25, -0.2) is 4.79 Å². The summed E-state index contributed by atoms with van der Waals surface area (Å²) in [6.07, 6.45) is -4.56. The van der Waals surface area contributed by atoms with Gasteiger partial charge < -0.3 is 9.47 Å². The molecule has 18 heavy (non-hydrogen) atoms. The summed E-state index contributed by atoms with van der Waals surface area (Å²) in [5.41, 5.74) is 0. The van der Waals surface area contributed by atoms with Crippen LogP contribution in [0.15, 0.2) is 18.2 Å². The van der Waals surface area contributed by atoms with E-state index in [2.05, 4.69) is 4.74 Å². The van der Waals surface area contributed by atoms with E-state index in [1.165, 1.54) is 18.2 Å². The van der Waals surface area contributed by atoms with E-state index in [-0.39, 0.29) is 10.8 Å². The fraction of sp³-hybridized carbons (Fsp3) is 0.300. The number of benzene rings is 1. The van der Waals surface area contributed by atoms with Crippen molar-refractivity contribution in [2.24, 2.45) is 0 Å². The molecule has 0 radical (unpaired) electrons. The highest BCUT2D eigenvalue weighted by molar-refractivity contribution is 6.35. The Labute approximate surface area is 110 Å². The number of rotatable bonds is 4. The van der Waals surface area contributed by atoms with Gasteiger partial charge in [-0.15, -0.1) is 0 Å². The quantitative estimate of drug-likeness (QED) is 0.799. The van der Waals surface area contributed by atoms with Crippen LogP contribution in [0.5, 0.6) is 5.75 Å². The Balaban J connectivity index is 2.43. The third kappa shape index (κ3) is 5.46. The van der Waals surface area contributed by atoms with Crippen molar-refractivity contribution in [1.82, 2.24) is 0 Å². The minimum Gasteiger partial charge on any atom is -0.480 e. The number of carbonyl (C=O) groups is 1. The lowest BCUT2D eigenvalue weighted by molar-refractivity contribution is -0.187. The number of hydrogen-bond acceptors (Lipinski definition) is 3. The van der Waals surface area contributed by atoms with E-state index < -0.39 is 25.4 Å². The van der Waals surface area contributed by atoms with Gasteiger partial charge in [-0.3, -0.25) is 0 Å². The van der Waals surface area contributed by atoms with E-state index >= 15 is 0 Å². The Morgan fingerprint density at radius 3 is 2.50 bits per heavy atom. The maximum atomic E-state index is 11.7. The molecule has 0 amide bonds. The van der Waals surface area contributed by atoms with Crippen molar-refractivity contribution < 1.29 is 27.4 Å². The Bertz CT molecular complexity index is 435. The molecular formula is C10H7Cl2F3O3. The third-order valence-electron chi connectivity index (χ3n) is 1.64. The zero-order valence-electron chi connectivity index (χ0n) is 8.76. The molecule has 1 rings (SSSR count). The highest BCUT2D eigenvalue weighted by Gasteiger charge is 2.29. The highest BCUT2D eigenvalue weighted by Crippen LogP contribution is 2.27. The predicted octanol–water partition coefficient (Wildman–Crippen LogP) is 3.48. The topological polar surface area (TPSA) is 35.5 Å². The normalized spacial score (nSPS) is 11.2. The minimum atomic E-state index is -4.56. The maximum Gasteiger partial charge on any atom is 0.422 e. The lowest BCUT2D eigenvalue weighted by Gasteiger charge is -2.09. The van der Waals surface area contributed by atoms with Crippen LogP contribution < -0.4 is 4.74 Å². The van der Waals surface area contributed by atoms with Gasteiger partial charge in [-0.2, -0.15) is 13.2 Å². The first-order chi connectivity index (χ1) is 8.28. The van der Waals surface area contributed by atoms with Crippen molar-refractivity contribution in [3.63, 3.8) is 0 Å². The van der Waals surface area contributed by atoms with Crippen LogP contribution in [-0.4, -0.2) is 25.4 Å². The second kappa shape index (κ2) is 6.15. The molecule has 1 aromatic rings. The van der Waals surface area contributed by atoms with Gasteiger partial charge in [0.05, 0.1) is 5.02 Å². The largest absolute Gasteiger partial charge is 0.480 e. The van der Waals surface area contributed by atoms with Crippen LogP contribution in [0.3, 0.4) is 0 Å². The monoisotopic (exact) mass is 302 g/mol. The van der Waals surface area contributed by atoms with E-state index in [0.717, 1.165) is 0 Å². The second-order valence-electron chi connectivity index (χ2n) is 3.14. The third-order valence-corrected chi connectivity index (χ3v) is 2.17. The van der Waals surface area contributed by atoms with E-state index in [1.807, 2.05) is 0 Å². The van der Waals surface area contributed by atoms with Crippen molar-refractivity contribution in [3.05, 3.63) is 28.2 Å². The summed E-state index contributed by atoms with van der Waals surface area (Å²) in [6, 6.07) is 4.23. The molecule has 0 N–H and O–H groups in total. The SMILES string of the molecule is O=C(COc1ccc(Cl)cc1Cl)OCC(F)(F)F. The first-order valence-electron chi connectivity index (χ1n) is 4.58. The lowest BCUT2D eigenvalue weighted by atomic mass is 10.3. The summed E-state index contributed by atoms with van der Waals surface area (Å²) in [7, 11) is 0. The summed E-state index contributed by atoms with van der Waals surface area (Å²) in [4.78, 5) is 10.9. The molecule has 0 unspecified atom stereocenters. The summed E-state index contributed by atoms with van der Waals surface area (Å²) in [6.45, 7) is -2.32. The van der Waals surface area contributed by atoms with Gasteiger partial charge >= 0.3 is 12.1 Å². The van der Waals surface area contributed by atoms with Gasteiger partial charge in [0.15, 0.2) is 13.2 Å². The van der Waals surface area contributed by atoms with Crippen LogP contribution in [0.25, 0.3) is 0 Å². The average Bonchev–Trinajstić information content (AvgIpc) is 2.24. The molecule has 0 saturated heterocycles. The van der Waals surface area contributed by atoms with Gasteiger partial charge in [-0.05, 0) is 18.2 Å². The lowest BCUT2D eigenvalue weighted by Crippen LogP contribution is -2.23. The molecule has 0 aliphatic carbocycles. The Hall–Kier alpha value is -1.14. The van der Waals surface area contributed by atoms with E-state index in [1.54, 1.807) is 0 Å². The second-order valence-corrected chi connectivity index (χ2v) is 3.98. The molecule has 8 heteroatoms. The summed E-state index contributed by atoms with van der Waals surface area (Å²) in [5.74, 6) is -1.01. The standard InChI is InChI=1S/C10H7Cl2F3O3/c11-6-1-2-8(7(12)3-6)17-4-9(16)18-5-10(13,14)15/h1-3H,4-5H2. The highest BCUT2D eigenvalue weighted by atomic mass is 35.5. The van der Waals surface area contributed by atoms with Crippen LogP contribution in [0, 0.1) is 0 Å². The smallest absolute Gasteiger partial charge is 0.422 e. The predicted molar refractivity (Wildman–Crippen MR) is 59.0 cm³/mol. The number of halogens is 5. The molecule has 100 valence electrons. The van der Waals surface area contributed by atoms with Crippen LogP contribution in [-0.2, 0) is 9.53 Å². The van der Waals surface area contributed by atoms with Gasteiger partial charge in [-0.1, -0.05) is 23.2 Å². The van der Waals surface area contributed by atoms with Crippen molar-refractivity contribution in [1.29, 1.82) is 0 Å². The zero-order valence-corrected chi connectivity index (χ0v) is 10.3. The van der Waals surface area contributed by atoms with Crippen molar-refractivity contribution in [3.8, 4) is 5.75 Å². The molecule has 0 heterocycles. The van der Waals surface area contributed by atoms with Crippen LogP contribution in [0.2, 0.25) is 10.0 Å². The van der Waals surface area contributed by atoms with E-state index in [4.69, 9.17) is 27.9 Å². The molecule has 0 aliphatic rings. The fourth-order valence-electron chi connectivity index (χ4n) is 0.933. The van der Waals surface area contributed by atoms with E-state index in [9.17, 15) is 18.0 Å². The molecular weight excluding hydrogens is 296 g/mol. The molecule has 0 bridgehead atoms. The van der Waals surface area contributed by atoms with Gasteiger partial charge in [0.1, 0.15) is 5.75 Å². The Morgan fingerprint density at radius 1 is 1.28 bits per heavy atom. The molecule has 0 aromatic heterocycles. The Morgan fingerprint density at radius 2 is 1.94 bits per heavy atom. The van der Waals surface area contributed by atoms with Crippen molar-refractivity contribution >= 4 is 29.2 Å². The number of carbonyl (C=O) groups excluding carboxylic acids is 1. The molecule has 0 spiro atoms. The first kappa shape index (κ1) is 14.9. The average molecular weight is 303 g/mol. The van der Waals surface area contributed by atoms with Gasteiger partial charge in [0.25, 0.3) is 0 Å². The van der Waals surface area contributed by atoms with Gasteiger partial charge in [0.2, 0.25) is 0 Å². The van der Waals surface area contributed by atoms with E-state index in [0.29, 0.717) is 5.02 Å². The van der Waals surface area contributed by atoms with Crippen molar-refractivity contribution in [2.75, 3.05) is 13.2 Å². The minimum absolute atomic E-state index is 0.130. The number of alkyl halides is 3. The molecule has 1 aromatic carbocycles. The number of esters is 1. The first-order valence-corrected chi connectivity index (χ1v) is 5.34. The van der Waals surface area contributed by atoms with Gasteiger partial charge in [0, 0.05) is 5.02 Å². The Kier molecular flexibility index (Phi) is 5.10. The molecule has 0 atom stereocenters. The molecule has 3 nitrogen and oxygen atoms in total. The van der Waals surface area contributed by atoms with Crippen LogP contribution in [0.1, 0.15) is 0 Å².